The Bertz CT molecular complexity index is 918. The van der Waals surface area contributed by atoms with E-state index in [2.05, 4.69) is 46.3 Å². The number of nitro groups is 1. The summed E-state index contributed by atoms with van der Waals surface area (Å²) in [7, 11) is 0. The number of hydrogen-bond donors (Lipinski definition) is 1. The Morgan fingerprint density at radius 2 is 1.70 bits per heavy atom. The van der Waals surface area contributed by atoms with Crippen LogP contribution in [0.3, 0.4) is 0 Å². The summed E-state index contributed by atoms with van der Waals surface area (Å²) in [4.78, 5) is 15.6. The first kappa shape index (κ1) is 23.5. The molecule has 1 aliphatic heterocycles. The van der Waals surface area contributed by atoms with Gasteiger partial charge in [0.1, 0.15) is 0 Å². The summed E-state index contributed by atoms with van der Waals surface area (Å²) >= 11 is 0. The van der Waals surface area contributed by atoms with E-state index in [-0.39, 0.29) is 10.6 Å². The Labute approximate surface area is 196 Å². The third-order valence-corrected chi connectivity index (χ3v) is 6.97. The van der Waals surface area contributed by atoms with Gasteiger partial charge in [-0.25, -0.2) is 0 Å². The van der Waals surface area contributed by atoms with Gasteiger partial charge < -0.3 is 15.0 Å². The fraction of sp³-hybridized carbons (Fsp3) is 0.538. The molecule has 4 rings (SSSR count). The lowest BCUT2D eigenvalue weighted by Gasteiger charge is -2.36. The second-order valence-corrected chi connectivity index (χ2v) is 9.41. The van der Waals surface area contributed by atoms with Crippen LogP contribution in [0.1, 0.15) is 36.8 Å². The summed E-state index contributed by atoms with van der Waals surface area (Å²) in [6.07, 6.45) is 4.59. The Hall–Kier alpha value is -2.64. The van der Waals surface area contributed by atoms with Gasteiger partial charge in [0.15, 0.2) is 0 Å². The van der Waals surface area contributed by atoms with Crippen molar-refractivity contribution in [3.8, 4) is 0 Å². The van der Waals surface area contributed by atoms with Gasteiger partial charge in [-0.05, 0) is 63.8 Å². The molecule has 33 heavy (non-hydrogen) atoms. The van der Waals surface area contributed by atoms with Crippen LogP contribution >= 0.6 is 0 Å². The highest BCUT2D eigenvalue weighted by atomic mass is 16.6. The highest BCUT2D eigenvalue weighted by molar-refractivity contribution is 5.54. The highest BCUT2D eigenvalue weighted by Crippen LogP contribution is 2.27. The van der Waals surface area contributed by atoms with E-state index in [1.165, 1.54) is 11.3 Å². The van der Waals surface area contributed by atoms with Gasteiger partial charge in [0.25, 0.3) is 5.69 Å². The first-order valence-electron chi connectivity index (χ1n) is 12.1. The summed E-state index contributed by atoms with van der Waals surface area (Å²) in [5.74, 6) is 0. The second-order valence-electron chi connectivity index (χ2n) is 9.41. The van der Waals surface area contributed by atoms with Gasteiger partial charge in [-0.2, -0.15) is 0 Å². The lowest BCUT2D eigenvalue weighted by molar-refractivity contribution is -0.385. The predicted molar refractivity (Wildman–Crippen MR) is 133 cm³/mol. The molecule has 1 N–H and O–H groups in total. The van der Waals surface area contributed by atoms with Crippen molar-refractivity contribution in [3.63, 3.8) is 0 Å². The van der Waals surface area contributed by atoms with E-state index in [0.717, 1.165) is 70.7 Å². The van der Waals surface area contributed by atoms with Gasteiger partial charge >= 0.3 is 0 Å². The van der Waals surface area contributed by atoms with Crippen molar-refractivity contribution < 1.29 is 9.66 Å². The molecule has 1 saturated carbocycles. The molecule has 0 radical (unpaired) electrons. The minimum absolute atomic E-state index is 0.175. The maximum Gasteiger partial charge on any atom is 0.272 e. The first-order valence-corrected chi connectivity index (χ1v) is 12.1. The molecule has 0 atom stereocenters. The smallest absolute Gasteiger partial charge is 0.272 e. The molecule has 1 heterocycles. The highest BCUT2D eigenvalue weighted by Gasteiger charge is 2.23. The molecule has 0 amide bonds. The second kappa shape index (κ2) is 11.0. The Kier molecular flexibility index (Phi) is 7.83. The molecular formula is C26H36N4O3. The van der Waals surface area contributed by atoms with E-state index in [9.17, 15) is 10.1 Å². The van der Waals surface area contributed by atoms with Gasteiger partial charge in [0, 0.05) is 61.8 Å². The average molecular weight is 453 g/mol. The number of aryl methyl sites for hydroxylation is 2. The molecule has 2 aromatic rings. The topological polar surface area (TPSA) is 70.9 Å². The van der Waals surface area contributed by atoms with Crippen LogP contribution in [0.2, 0.25) is 0 Å². The minimum Gasteiger partial charge on any atom is -0.382 e. The Morgan fingerprint density at radius 3 is 2.33 bits per heavy atom. The van der Waals surface area contributed by atoms with Crippen LogP contribution in [0.25, 0.3) is 0 Å². The van der Waals surface area contributed by atoms with Crippen LogP contribution in [0.5, 0.6) is 0 Å². The monoisotopic (exact) mass is 452 g/mol. The Balaban J connectivity index is 1.12. The standard InChI is InChI=1S/C26H36N4O3/c1-20-3-8-24(9-4-20)29-15-13-28(14-16-29)17-18-33-25-10-5-22(6-11-25)27-23-7-12-26(30(31)32)21(2)19-23/h3-4,7-9,12,19,22,25,27H,5-6,10-11,13-18H2,1-2H3. The van der Waals surface area contributed by atoms with Crippen LogP contribution in [0, 0.1) is 24.0 Å². The van der Waals surface area contributed by atoms with E-state index in [4.69, 9.17) is 4.74 Å². The van der Waals surface area contributed by atoms with Crippen LogP contribution in [-0.4, -0.2) is 61.3 Å². The zero-order valence-corrected chi connectivity index (χ0v) is 19.8. The van der Waals surface area contributed by atoms with Gasteiger partial charge in [0.05, 0.1) is 17.6 Å². The number of anilines is 2. The van der Waals surface area contributed by atoms with Gasteiger partial charge in [-0.3, -0.25) is 15.0 Å². The maximum atomic E-state index is 11.0. The SMILES string of the molecule is Cc1ccc(N2CCN(CCOC3CCC(Nc4ccc([N+](=O)[O-])c(C)c4)CC3)CC2)cc1. The summed E-state index contributed by atoms with van der Waals surface area (Å²) in [5.41, 5.74) is 4.47. The zero-order chi connectivity index (χ0) is 23.2. The number of rotatable bonds is 8. The minimum atomic E-state index is -0.328. The summed E-state index contributed by atoms with van der Waals surface area (Å²) in [6.45, 7) is 10.0. The quantitative estimate of drug-likeness (QED) is 0.459. The van der Waals surface area contributed by atoms with Crippen molar-refractivity contribution in [2.75, 3.05) is 49.5 Å². The molecule has 0 spiro atoms. The van der Waals surface area contributed by atoms with Gasteiger partial charge in [0.2, 0.25) is 0 Å². The summed E-state index contributed by atoms with van der Waals surface area (Å²) in [5, 5.41) is 14.5. The summed E-state index contributed by atoms with van der Waals surface area (Å²) < 4.78 is 6.21. The molecule has 2 fully saturated rings. The zero-order valence-electron chi connectivity index (χ0n) is 19.8. The van der Waals surface area contributed by atoms with Gasteiger partial charge in [-0.1, -0.05) is 17.7 Å². The van der Waals surface area contributed by atoms with Gasteiger partial charge in [-0.15, -0.1) is 0 Å². The largest absolute Gasteiger partial charge is 0.382 e. The fourth-order valence-corrected chi connectivity index (χ4v) is 4.89. The van der Waals surface area contributed by atoms with Crippen molar-refractivity contribution in [3.05, 3.63) is 63.7 Å². The molecule has 0 unspecified atom stereocenters. The van der Waals surface area contributed by atoms with Crippen LogP contribution in [0.15, 0.2) is 42.5 Å². The Morgan fingerprint density at radius 1 is 1.00 bits per heavy atom. The van der Waals surface area contributed by atoms with E-state index in [0.29, 0.717) is 17.7 Å². The molecule has 7 nitrogen and oxygen atoms in total. The fourth-order valence-electron chi connectivity index (χ4n) is 4.89. The molecule has 1 aliphatic carbocycles. The predicted octanol–water partition coefficient (Wildman–Crippen LogP) is 4.77. The number of nitrogens with one attached hydrogen (secondary N) is 1. The van der Waals surface area contributed by atoms with Crippen molar-refractivity contribution in [2.24, 2.45) is 0 Å². The molecule has 7 heteroatoms. The molecular weight excluding hydrogens is 416 g/mol. The number of nitro benzene ring substituents is 1. The first-order chi connectivity index (χ1) is 16.0. The molecule has 178 valence electrons. The van der Waals surface area contributed by atoms with Crippen molar-refractivity contribution >= 4 is 17.1 Å². The molecule has 0 bridgehead atoms. The average Bonchev–Trinajstić information content (AvgIpc) is 2.81. The van der Waals surface area contributed by atoms with Crippen LogP contribution in [-0.2, 0) is 4.74 Å². The lowest BCUT2D eigenvalue weighted by Crippen LogP contribution is -2.47. The maximum absolute atomic E-state index is 11.0. The molecule has 2 aromatic carbocycles. The number of hydrogen-bond acceptors (Lipinski definition) is 6. The number of piperazine rings is 1. The molecule has 1 saturated heterocycles. The van der Waals surface area contributed by atoms with E-state index in [1.54, 1.807) is 13.0 Å². The molecule has 2 aliphatic rings. The molecule has 0 aromatic heterocycles. The van der Waals surface area contributed by atoms with Crippen LogP contribution in [0.4, 0.5) is 17.1 Å². The van der Waals surface area contributed by atoms with E-state index in [1.807, 2.05) is 12.1 Å². The number of benzene rings is 2. The van der Waals surface area contributed by atoms with Crippen molar-refractivity contribution in [1.82, 2.24) is 4.90 Å². The third-order valence-electron chi connectivity index (χ3n) is 6.97. The van der Waals surface area contributed by atoms with E-state index >= 15 is 0 Å². The normalized spacial score (nSPS) is 21.7. The van der Waals surface area contributed by atoms with E-state index < -0.39 is 0 Å². The third kappa shape index (κ3) is 6.45. The number of nitrogens with zero attached hydrogens (tertiary/aromatic N) is 3. The van der Waals surface area contributed by atoms with Crippen molar-refractivity contribution in [1.29, 1.82) is 0 Å². The lowest BCUT2D eigenvalue weighted by atomic mass is 9.92. The number of ether oxygens (including phenoxy) is 1. The van der Waals surface area contributed by atoms with Crippen LogP contribution < -0.4 is 10.2 Å². The summed E-state index contributed by atoms with van der Waals surface area (Å²) in [6, 6.07) is 14.5. The van der Waals surface area contributed by atoms with Crippen molar-refractivity contribution in [2.45, 2.75) is 51.7 Å².